The third-order valence-electron chi connectivity index (χ3n) is 7.49. The lowest BCUT2D eigenvalue weighted by Crippen LogP contribution is -2.34. The first kappa shape index (κ1) is 33.5. The van der Waals surface area contributed by atoms with Crippen molar-refractivity contribution in [3.8, 4) is 22.5 Å². The van der Waals surface area contributed by atoms with Crippen LogP contribution in [0.15, 0.2) is 48.5 Å². The monoisotopic (exact) mass is 616 g/mol. The molecule has 11 nitrogen and oxygen atoms in total. The van der Waals surface area contributed by atoms with E-state index in [2.05, 4.69) is 34.8 Å². The molecule has 0 fully saturated rings. The summed E-state index contributed by atoms with van der Waals surface area (Å²) >= 11 is 0. The van der Waals surface area contributed by atoms with Crippen molar-refractivity contribution in [3.05, 3.63) is 54.1 Å². The summed E-state index contributed by atoms with van der Waals surface area (Å²) in [5.74, 6) is 0.0758. The summed E-state index contributed by atoms with van der Waals surface area (Å²) in [7, 11) is 0. The zero-order valence-electron chi connectivity index (χ0n) is 26.7. The molecule has 3 amide bonds. The molecule has 0 spiro atoms. The number of ketones is 1. The molecule has 3 aromatic rings. The maximum Gasteiger partial charge on any atom is 0.242 e. The Bertz CT molecular complexity index is 1500. The second-order valence-corrected chi connectivity index (χ2v) is 12.0. The zero-order valence-corrected chi connectivity index (χ0v) is 26.7. The van der Waals surface area contributed by atoms with Gasteiger partial charge in [-0.1, -0.05) is 61.5 Å². The summed E-state index contributed by atoms with van der Waals surface area (Å²) in [6.07, 6.45) is 1.87. The van der Waals surface area contributed by atoms with Crippen molar-refractivity contribution in [3.63, 3.8) is 0 Å². The molecule has 2 aromatic carbocycles. The van der Waals surface area contributed by atoms with E-state index < -0.39 is 0 Å². The van der Waals surface area contributed by atoms with Crippen molar-refractivity contribution in [1.29, 1.82) is 0 Å². The molecule has 240 valence electrons. The summed E-state index contributed by atoms with van der Waals surface area (Å²) in [4.78, 5) is 52.5. The molecule has 0 atom stereocenters. The van der Waals surface area contributed by atoms with E-state index in [9.17, 15) is 19.2 Å². The Labute approximate surface area is 264 Å². The highest BCUT2D eigenvalue weighted by atomic mass is 16.5. The van der Waals surface area contributed by atoms with E-state index in [-0.39, 0.29) is 55.5 Å². The van der Waals surface area contributed by atoms with E-state index in [1.165, 1.54) is 0 Å². The number of hydrogen-bond donors (Lipinski definition) is 2. The van der Waals surface area contributed by atoms with Crippen LogP contribution < -0.4 is 15.5 Å². The number of para-hydroxylation sites is 1. The van der Waals surface area contributed by atoms with Crippen molar-refractivity contribution in [1.82, 2.24) is 25.6 Å². The number of nitrogens with zero attached hydrogens (tertiary/aromatic N) is 4. The number of aromatic nitrogens is 3. The lowest BCUT2D eigenvalue weighted by atomic mass is 9.95. The summed E-state index contributed by atoms with van der Waals surface area (Å²) in [5, 5.41) is 14.5. The highest BCUT2D eigenvalue weighted by Gasteiger charge is 2.29. The lowest BCUT2D eigenvalue weighted by Gasteiger charge is -2.28. The minimum atomic E-state index is -0.245. The van der Waals surface area contributed by atoms with E-state index >= 15 is 0 Å². The largest absolute Gasteiger partial charge is 0.379 e. The molecule has 4 rings (SSSR count). The topological polar surface area (TPSA) is 136 Å². The van der Waals surface area contributed by atoms with Gasteiger partial charge in [0.1, 0.15) is 18.0 Å². The molecule has 0 bridgehead atoms. The highest BCUT2D eigenvalue weighted by molar-refractivity contribution is 6.01. The predicted octanol–water partition coefficient (Wildman–Crippen LogP) is 4.29. The van der Waals surface area contributed by atoms with Gasteiger partial charge in [-0.3, -0.25) is 19.2 Å². The fourth-order valence-corrected chi connectivity index (χ4v) is 5.22. The van der Waals surface area contributed by atoms with Crippen LogP contribution in [0.1, 0.15) is 65.4 Å². The van der Waals surface area contributed by atoms with Crippen LogP contribution in [0.5, 0.6) is 0 Å². The number of carbonyl (C=O) groups is 4. The number of Topliss-reactive ketones (excluding diaryl/α,β-unsaturated/α-hetero) is 1. The fraction of sp³-hybridized carbons (Fsp3) is 0.471. The average Bonchev–Trinajstić information content (AvgIpc) is 3.40. The van der Waals surface area contributed by atoms with Crippen LogP contribution in [0.4, 0.5) is 5.69 Å². The Morgan fingerprint density at radius 1 is 0.867 bits per heavy atom. The number of hydrogen-bond acceptors (Lipinski definition) is 7. The van der Waals surface area contributed by atoms with Crippen LogP contribution in [0.25, 0.3) is 22.5 Å². The van der Waals surface area contributed by atoms with E-state index in [0.717, 1.165) is 23.1 Å². The number of nitrogens with one attached hydrogen (secondary N) is 2. The first-order chi connectivity index (χ1) is 21.6. The van der Waals surface area contributed by atoms with Crippen LogP contribution in [-0.2, 0) is 37.0 Å². The molecule has 0 saturated heterocycles. The Balaban J connectivity index is 1.41. The van der Waals surface area contributed by atoms with Gasteiger partial charge in [-0.2, -0.15) is 0 Å². The molecule has 0 aliphatic carbocycles. The third-order valence-corrected chi connectivity index (χ3v) is 7.49. The van der Waals surface area contributed by atoms with Crippen molar-refractivity contribution in [2.45, 2.75) is 78.9 Å². The van der Waals surface area contributed by atoms with E-state index in [0.29, 0.717) is 55.6 Å². The molecule has 2 heterocycles. The van der Waals surface area contributed by atoms with Gasteiger partial charge in [0.15, 0.2) is 0 Å². The molecule has 2 N–H and O–H groups in total. The van der Waals surface area contributed by atoms with Crippen LogP contribution in [0, 0.1) is 5.92 Å². The summed E-state index contributed by atoms with van der Waals surface area (Å²) in [6, 6.07) is 15.2. The number of amides is 3. The standard InChI is InChI=1S/C34H44N6O5/c1-23(2)13-14-26(41)17-19-45-20-18-35-30(42)15-16-32(44)39-21-25-9-5-6-10-27(25)34-33(28-11-7-8-12-29(28)39)37-38-40(34)22-31(43)36-24(3)4/h5-12,23-24H,13-22H2,1-4H3,(H,35,42)(H,36,43). The fourth-order valence-electron chi connectivity index (χ4n) is 5.22. The number of anilines is 1. The number of ether oxygens (including phenoxy) is 1. The molecule has 0 radical (unpaired) electrons. The summed E-state index contributed by atoms with van der Waals surface area (Å²) in [5.41, 5.74) is 4.38. The van der Waals surface area contributed by atoms with Crippen molar-refractivity contribution < 1.29 is 23.9 Å². The lowest BCUT2D eigenvalue weighted by molar-refractivity contribution is -0.125. The second kappa shape index (κ2) is 16.1. The Hall–Kier alpha value is -4.38. The van der Waals surface area contributed by atoms with E-state index in [1.54, 1.807) is 9.58 Å². The summed E-state index contributed by atoms with van der Waals surface area (Å²) in [6.45, 7) is 9.22. The van der Waals surface area contributed by atoms with Crippen molar-refractivity contribution >= 4 is 29.2 Å². The van der Waals surface area contributed by atoms with Crippen LogP contribution in [0.3, 0.4) is 0 Å². The van der Waals surface area contributed by atoms with Gasteiger partial charge in [0.05, 0.1) is 31.1 Å². The van der Waals surface area contributed by atoms with Crippen LogP contribution in [0.2, 0.25) is 0 Å². The van der Waals surface area contributed by atoms with Crippen molar-refractivity contribution in [2.24, 2.45) is 5.92 Å². The molecule has 11 heteroatoms. The molecule has 1 aliphatic heterocycles. The third kappa shape index (κ3) is 9.31. The maximum absolute atomic E-state index is 13.7. The zero-order chi connectivity index (χ0) is 32.3. The van der Waals surface area contributed by atoms with Gasteiger partial charge >= 0.3 is 0 Å². The molecule has 1 aromatic heterocycles. The Morgan fingerprint density at radius 3 is 2.36 bits per heavy atom. The van der Waals surface area contributed by atoms with Crippen molar-refractivity contribution in [2.75, 3.05) is 24.7 Å². The highest BCUT2D eigenvalue weighted by Crippen LogP contribution is 2.41. The second-order valence-electron chi connectivity index (χ2n) is 12.0. The quantitative estimate of drug-likeness (QED) is 0.243. The average molecular weight is 617 g/mol. The molecule has 1 aliphatic rings. The number of carbonyl (C=O) groups excluding carboxylic acids is 4. The van der Waals surface area contributed by atoms with E-state index in [4.69, 9.17) is 4.74 Å². The number of benzene rings is 2. The predicted molar refractivity (Wildman–Crippen MR) is 172 cm³/mol. The minimum absolute atomic E-state index is 0.00737. The van der Waals surface area contributed by atoms with Gasteiger partial charge < -0.3 is 20.3 Å². The molecule has 0 saturated carbocycles. The van der Waals surface area contributed by atoms with E-state index in [1.807, 2.05) is 62.4 Å². The van der Waals surface area contributed by atoms with Crippen LogP contribution >= 0.6 is 0 Å². The first-order valence-electron chi connectivity index (χ1n) is 15.7. The van der Waals surface area contributed by atoms with Gasteiger partial charge in [0, 0.05) is 49.4 Å². The molecule has 0 unspecified atom stereocenters. The maximum atomic E-state index is 13.7. The Morgan fingerprint density at radius 2 is 1.60 bits per heavy atom. The summed E-state index contributed by atoms with van der Waals surface area (Å²) < 4.78 is 7.11. The number of rotatable bonds is 15. The smallest absolute Gasteiger partial charge is 0.242 e. The van der Waals surface area contributed by atoms with Gasteiger partial charge in [-0.25, -0.2) is 4.68 Å². The van der Waals surface area contributed by atoms with Gasteiger partial charge in [-0.05, 0) is 37.8 Å². The molecular formula is C34H44N6O5. The minimum Gasteiger partial charge on any atom is -0.379 e. The normalized spacial score (nSPS) is 12.2. The van der Waals surface area contributed by atoms with Gasteiger partial charge in [0.25, 0.3) is 0 Å². The SMILES string of the molecule is CC(C)CCC(=O)CCOCCNC(=O)CCC(=O)N1Cc2ccccc2-c2c(nnn2CC(=O)NC(C)C)-c2ccccc21. The number of fused-ring (bicyclic) bond motifs is 5. The van der Waals surface area contributed by atoms with Gasteiger partial charge in [-0.15, -0.1) is 5.10 Å². The van der Waals surface area contributed by atoms with Gasteiger partial charge in [0.2, 0.25) is 17.7 Å². The first-order valence-corrected chi connectivity index (χ1v) is 15.7. The Kier molecular flexibility index (Phi) is 12.0. The molecular weight excluding hydrogens is 572 g/mol. The molecule has 45 heavy (non-hydrogen) atoms. The van der Waals surface area contributed by atoms with Crippen LogP contribution in [-0.4, -0.2) is 64.3 Å².